The van der Waals surface area contributed by atoms with Crippen LogP contribution in [0.1, 0.15) is 36.1 Å². The van der Waals surface area contributed by atoms with E-state index in [1.54, 1.807) is 0 Å². The molecule has 12 rings (SSSR count). The molecule has 0 bridgehead atoms. The Hall–Kier alpha value is -6.05. The molecule has 0 fully saturated rings. The Morgan fingerprint density at radius 1 is 0.431 bits per heavy atom. The number of anilines is 9. The van der Waals surface area contributed by atoms with Gasteiger partial charge in [0.05, 0.1) is 0 Å². The zero-order valence-electron chi connectivity index (χ0n) is 33.0. The van der Waals surface area contributed by atoms with Gasteiger partial charge in [0.25, 0.3) is 0 Å². The molecule has 8 aromatic rings. The minimum absolute atomic E-state index is 0.0977. The Labute approximate surface area is 351 Å². The molecule has 0 N–H and O–H groups in total. The summed E-state index contributed by atoms with van der Waals surface area (Å²) in [7, 11) is 0. The Bertz CT molecular complexity index is 2970. The fourth-order valence-corrected chi connectivity index (χ4v) is 13.3. The number of aryl methyl sites for hydroxylation is 2. The van der Waals surface area contributed by atoms with Crippen molar-refractivity contribution >= 4 is 74.3 Å². The van der Waals surface area contributed by atoms with Crippen LogP contribution >= 0.6 is 0 Å². The van der Waals surface area contributed by atoms with Crippen molar-refractivity contribution < 1.29 is 21.2 Å². The molecule has 0 spiro atoms. The average molecular weight is 857 g/mol. The number of nitrogens with zero attached hydrogens (tertiary/aromatic N) is 3. The van der Waals surface area contributed by atoms with Gasteiger partial charge in [-0.15, -0.1) is 0 Å². The van der Waals surface area contributed by atoms with Crippen LogP contribution in [0, 0.1) is 21.0 Å². The van der Waals surface area contributed by atoms with Crippen LogP contribution in [-0.4, -0.2) is 6.71 Å². The van der Waals surface area contributed by atoms with Crippen molar-refractivity contribution in [2.24, 2.45) is 0 Å². The molecule has 0 radical (unpaired) electrons. The van der Waals surface area contributed by atoms with Crippen LogP contribution < -0.4 is 52.3 Å². The molecule has 278 valence electrons. The molecule has 0 aliphatic carbocycles. The predicted molar refractivity (Wildman–Crippen MR) is 240 cm³/mol. The number of fused-ring (bicyclic) bond motifs is 8. The van der Waals surface area contributed by atoms with Crippen molar-refractivity contribution in [2.75, 3.05) is 14.7 Å². The molecule has 4 aliphatic rings. The van der Waals surface area contributed by atoms with E-state index in [1.807, 2.05) is 0 Å². The van der Waals surface area contributed by atoms with Crippen LogP contribution in [0.15, 0.2) is 170 Å². The van der Waals surface area contributed by atoms with Gasteiger partial charge in [-0.05, 0) is 23.3 Å². The third-order valence-electron chi connectivity index (χ3n) is 13.0. The number of benzene rings is 8. The second-order valence-corrected chi connectivity index (χ2v) is 19.5. The normalized spacial score (nSPS) is 15.0. The SMILES string of the molecule is Cc1ccccc1N1c2cc(-c3ccc(N4c5ccccc5C(C)(C)c5ccccc54)cc3)cc3c2B(c2cccc(C)c21)c1cccc2c1N3c1ccccc1[I-]2. The van der Waals surface area contributed by atoms with Gasteiger partial charge in [-0.1, -0.05) is 50.2 Å². The monoisotopic (exact) mass is 856 g/mol. The van der Waals surface area contributed by atoms with E-state index in [1.165, 1.54) is 102 Å². The third-order valence-corrected chi connectivity index (χ3v) is 16.0. The second-order valence-electron chi connectivity index (χ2n) is 16.6. The van der Waals surface area contributed by atoms with Crippen molar-refractivity contribution in [2.45, 2.75) is 33.1 Å². The summed E-state index contributed by atoms with van der Waals surface area (Å²) in [6.45, 7) is 9.36. The maximum absolute atomic E-state index is 2.62. The van der Waals surface area contributed by atoms with Crippen LogP contribution in [-0.2, 0) is 5.41 Å². The van der Waals surface area contributed by atoms with Crippen molar-refractivity contribution in [3.8, 4) is 11.1 Å². The molecule has 0 aromatic heterocycles. The van der Waals surface area contributed by atoms with Crippen LogP contribution in [0.4, 0.5) is 51.2 Å². The Morgan fingerprint density at radius 3 is 1.66 bits per heavy atom. The van der Waals surface area contributed by atoms with Gasteiger partial charge in [-0.3, -0.25) is 0 Å². The standard InChI is InChI=1S/C53H40BIN3/c1-33-15-5-9-23-44(33)57-48-31-36(35-27-29-37(30-28-35)56-45-24-10-6-17-38(45)53(3,4)39-18-7-11-25-46(39)56)32-49-50(48)54(40-19-13-16-34(2)51(40)57)41-20-14-22-43-52(41)58(49)47-26-12-8-21-42(47)55-43/h5-32H,1-4H3/q-1. The van der Waals surface area contributed by atoms with E-state index in [0.29, 0.717) is 0 Å². The summed E-state index contributed by atoms with van der Waals surface area (Å²) in [6, 6.07) is 64.2. The summed E-state index contributed by atoms with van der Waals surface area (Å²) in [5.41, 5.74) is 23.2. The first-order valence-corrected chi connectivity index (χ1v) is 22.4. The predicted octanol–water partition coefficient (Wildman–Crippen LogP) is 8.60. The Balaban J connectivity index is 1.10. The number of rotatable bonds is 3. The van der Waals surface area contributed by atoms with Crippen molar-refractivity contribution in [3.63, 3.8) is 0 Å². The zero-order chi connectivity index (χ0) is 38.9. The van der Waals surface area contributed by atoms with Gasteiger partial charge in [-0.2, -0.15) is 0 Å². The van der Waals surface area contributed by atoms with E-state index >= 15 is 0 Å². The topological polar surface area (TPSA) is 9.72 Å². The maximum atomic E-state index is 2.62. The van der Waals surface area contributed by atoms with Gasteiger partial charge in [0.15, 0.2) is 0 Å². The van der Waals surface area contributed by atoms with E-state index in [2.05, 4.69) is 212 Å². The van der Waals surface area contributed by atoms with Gasteiger partial charge in [0, 0.05) is 5.41 Å². The molecule has 8 aromatic carbocycles. The Kier molecular flexibility index (Phi) is 7.32. The number of para-hydroxylation sites is 6. The van der Waals surface area contributed by atoms with Gasteiger partial charge >= 0.3 is 275 Å². The first-order valence-electron chi connectivity index (χ1n) is 20.3. The number of hydrogen-bond acceptors (Lipinski definition) is 3. The molecule has 0 unspecified atom stereocenters. The summed E-state index contributed by atoms with van der Waals surface area (Å²) in [4.78, 5) is 7.65. The average Bonchev–Trinajstić information content (AvgIpc) is 3.25. The van der Waals surface area contributed by atoms with Crippen LogP contribution in [0.5, 0.6) is 0 Å². The minimum atomic E-state index is -0.334. The van der Waals surface area contributed by atoms with Gasteiger partial charge in [0.1, 0.15) is 0 Å². The van der Waals surface area contributed by atoms with Crippen molar-refractivity contribution in [1.82, 2.24) is 0 Å². The van der Waals surface area contributed by atoms with E-state index in [9.17, 15) is 0 Å². The van der Waals surface area contributed by atoms with Crippen molar-refractivity contribution in [3.05, 3.63) is 199 Å². The van der Waals surface area contributed by atoms with E-state index < -0.39 is 0 Å². The first kappa shape index (κ1) is 34.0. The summed E-state index contributed by atoms with van der Waals surface area (Å²) in [5.74, 6) is 0. The van der Waals surface area contributed by atoms with Gasteiger partial charge in [0.2, 0.25) is 0 Å². The number of hydrogen-bond donors (Lipinski definition) is 0. The van der Waals surface area contributed by atoms with Gasteiger partial charge in [-0.25, -0.2) is 0 Å². The fourth-order valence-electron chi connectivity index (χ4n) is 10.4. The molecule has 5 heteroatoms. The first-order chi connectivity index (χ1) is 28.4. The van der Waals surface area contributed by atoms with Crippen LogP contribution in [0.25, 0.3) is 11.1 Å². The molecule has 0 saturated carbocycles. The van der Waals surface area contributed by atoms with Gasteiger partial charge < -0.3 is 0 Å². The summed E-state index contributed by atoms with van der Waals surface area (Å²) < 4.78 is 2.97. The second kappa shape index (κ2) is 12.5. The molecular weight excluding hydrogens is 816 g/mol. The summed E-state index contributed by atoms with van der Waals surface area (Å²) in [6.07, 6.45) is 0. The molecule has 58 heavy (non-hydrogen) atoms. The third kappa shape index (κ3) is 4.68. The molecule has 3 nitrogen and oxygen atoms in total. The number of halogens is 1. The molecule has 4 aliphatic heterocycles. The zero-order valence-corrected chi connectivity index (χ0v) is 35.1. The van der Waals surface area contributed by atoms with Crippen LogP contribution in [0.2, 0.25) is 0 Å². The van der Waals surface area contributed by atoms with E-state index in [4.69, 9.17) is 0 Å². The molecule has 4 heterocycles. The van der Waals surface area contributed by atoms with E-state index in [0.717, 1.165) is 5.69 Å². The molecule has 0 amide bonds. The summed E-state index contributed by atoms with van der Waals surface area (Å²) in [5, 5.41) is 0. The molecule has 0 saturated heterocycles. The molecular formula is C53H40BIN3-. The summed E-state index contributed by atoms with van der Waals surface area (Å²) >= 11 is -0.334. The molecule has 0 atom stereocenters. The van der Waals surface area contributed by atoms with Crippen LogP contribution in [0.3, 0.4) is 0 Å². The fraction of sp³-hybridized carbons (Fsp3) is 0.0943. The van der Waals surface area contributed by atoms with E-state index in [-0.39, 0.29) is 33.3 Å². The quantitative estimate of drug-likeness (QED) is 0.130. The Morgan fingerprint density at radius 2 is 0.966 bits per heavy atom. The van der Waals surface area contributed by atoms with Crippen molar-refractivity contribution in [1.29, 1.82) is 0 Å².